The number of nitrogens with one attached hydrogen (secondary N) is 2. The van der Waals surface area contributed by atoms with Crippen molar-refractivity contribution in [3.63, 3.8) is 0 Å². The third-order valence-corrected chi connectivity index (χ3v) is 5.38. The molecule has 0 radical (unpaired) electrons. The monoisotopic (exact) mass is 448 g/mol. The first kappa shape index (κ1) is 23.3. The van der Waals surface area contributed by atoms with E-state index in [-0.39, 0.29) is 23.6 Å². The Bertz CT molecular complexity index is 1040. The zero-order valence-electron chi connectivity index (χ0n) is 18.3. The zero-order chi connectivity index (χ0) is 22.8. The van der Waals surface area contributed by atoms with Gasteiger partial charge in [0.1, 0.15) is 11.4 Å². The molecular weight excluding hydrogens is 420 g/mol. The van der Waals surface area contributed by atoms with Crippen LogP contribution in [0.25, 0.3) is 6.08 Å². The smallest absolute Gasteiger partial charge is 0.267 e. The minimum atomic E-state index is -0.314. The minimum absolute atomic E-state index is 0.129. The summed E-state index contributed by atoms with van der Waals surface area (Å²) in [6.45, 7) is 4.50. The predicted molar refractivity (Wildman–Crippen MR) is 130 cm³/mol. The minimum Gasteiger partial charge on any atom is -0.491 e. The van der Waals surface area contributed by atoms with Crippen LogP contribution in [0.2, 0.25) is 0 Å². The van der Waals surface area contributed by atoms with E-state index in [9.17, 15) is 9.59 Å². The number of amides is 2. The summed E-state index contributed by atoms with van der Waals surface area (Å²) in [6.07, 6.45) is 3.42. The molecule has 0 saturated carbocycles. The van der Waals surface area contributed by atoms with Gasteiger partial charge in [-0.3, -0.25) is 9.59 Å². The standard InChI is InChI=1S/C26H28N2O3S/c1-19(2)31-22-13-6-9-20(17-22)10-7-15-27-26(30)24(18-23-14-8-16-32-23)28-25(29)21-11-4-3-5-12-21/h3-6,8-9,11-14,16-19H,7,10,15H2,1-2H3,(H,27,30)(H,28,29)/b24-18-. The number of hydrogen-bond donors (Lipinski definition) is 2. The predicted octanol–water partition coefficient (Wildman–Crippen LogP) is 5.06. The van der Waals surface area contributed by atoms with Crippen LogP contribution in [-0.2, 0) is 11.2 Å². The van der Waals surface area contributed by atoms with Gasteiger partial charge in [0.15, 0.2) is 0 Å². The van der Waals surface area contributed by atoms with Crippen molar-refractivity contribution in [2.75, 3.05) is 6.54 Å². The van der Waals surface area contributed by atoms with Crippen molar-refractivity contribution >= 4 is 29.2 Å². The number of rotatable bonds is 10. The van der Waals surface area contributed by atoms with Crippen molar-refractivity contribution in [2.24, 2.45) is 0 Å². The summed E-state index contributed by atoms with van der Waals surface area (Å²) in [5.74, 6) is 0.233. The molecule has 6 heteroatoms. The van der Waals surface area contributed by atoms with E-state index in [0.29, 0.717) is 12.1 Å². The van der Waals surface area contributed by atoms with Gasteiger partial charge in [-0.25, -0.2) is 0 Å². The molecule has 32 heavy (non-hydrogen) atoms. The van der Waals surface area contributed by atoms with Crippen molar-refractivity contribution in [3.8, 4) is 5.75 Å². The Morgan fingerprint density at radius 2 is 1.84 bits per heavy atom. The van der Waals surface area contributed by atoms with Crippen molar-refractivity contribution in [3.05, 3.63) is 93.8 Å². The highest BCUT2D eigenvalue weighted by Crippen LogP contribution is 2.16. The zero-order valence-corrected chi connectivity index (χ0v) is 19.2. The summed E-state index contributed by atoms with van der Waals surface area (Å²) >= 11 is 1.50. The number of hydrogen-bond acceptors (Lipinski definition) is 4. The SMILES string of the molecule is CC(C)Oc1cccc(CCCNC(=O)/C(=C/c2cccs2)NC(=O)c2ccccc2)c1. The van der Waals surface area contributed by atoms with E-state index in [2.05, 4.69) is 16.7 Å². The Kier molecular flexibility index (Phi) is 8.63. The lowest BCUT2D eigenvalue weighted by atomic mass is 10.1. The van der Waals surface area contributed by atoms with E-state index in [1.54, 1.807) is 30.3 Å². The summed E-state index contributed by atoms with van der Waals surface area (Å²) in [4.78, 5) is 26.3. The number of ether oxygens (including phenoxy) is 1. The first-order chi connectivity index (χ1) is 15.5. The Morgan fingerprint density at radius 1 is 1.03 bits per heavy atom. The van der Waals surface area contributed by atoms with Gasteiger partial charge in [-0.1, -0.05) is 36.4 Å². The van der Waals surface area contributed by atoms with Crippen LogP contribution in [0.4, 0.5) is 0 Å². The fraction of sp³-hybridized carbons (Fsp3) is 0.231. The van der Waals surface area contributed by atoms with Gasteiger partial charge >= 0.3 is 0 Å². The van der Waals surface area contributed by atoms with Crippen LogP contribution in [0.5, 0.6) is 5.75 Å². The van der Waals surface area contributed by atoms with E-state index in [1.807, 2.05) is 55.6 Å². The molecule has 0 spiro atoms. The van der Waals surface area contributed by atoms with Crippen LogP contribution < -0.4 is 15.4 Å². The molecule has 0 aliphatic rings. The third kappa shape index (κ3) is 7.39. The van der Waals surface area contributed by atoms with Crippen LogP contribution in [0.3, 0.4) is 0 Å². The lowest BCUT2D eigenvalue weighted by Gasteiger charge is -2.12. The Labute approximate surface area is 193 Å². The third-order valence-electron chi connectivity index (χ3n) is 4.56. The van der Waals surface area contributed by atoms with Gasteiger partial charge in [0.2, 0.25) is 0 Å². The molecule has 0 aliphatic heterocycles. The molecule has 2 N–H and O–H groups in total. The van der Waals surface area contributed by atoms with E-state index in [4.69, 9.17) is 4.74 Å². The maximum Gasteiger partial charge on any atom is 0.267 e. The van der Waals surface area contributed by atoms with E-state index in [1.165, 1.54) is 11.3 Å². The average molecular weight is 449 g/mol. The molecule has 1 aromatic heterocycles. The van der Waals surface area contributed by atoms with Crippen molar-refractivity contribution in [2.45, 2.75) is 32.8 Å². The Morgan fingerprint density at radius 3 is 2.56 bits per heavy atom. The molecule has 0 aliphatic carbocycles. The lowest BCUT2D eigenvalue weighted by Crippen LogP contribution is -2.35. The van der Waals surface area contributed by atoms with Gasteiger partial charge < -0.3 is 15.4 Å². The molecule has 0 saturated heterocycles. The first-order valence-electron chi connectivity index (χ1n) is 10.7. The normalized spacial score (nSPS) is 11.3. The topological polar surface area (TPSA) is 67.4 Å². The van der Waals surface area contributed by atoms with E-state index < -0.39 is 0 Å². The highest BCUT2D eigenvalue weighted by atomic mass is 32.1. The van der Waals surface area contributed by atoms with Crippen molar-refractivity contribution in [1.82, 2.24) is 10.6 Å². The molecule has 5 nitrogen and oxygen atoms in total. The first-order valence-corrected chi connectivity index (χ1v) is 11.5. The Hall–Kier alpha value is -3.38. The molecular formula is C26H28N2O3S. The van der Waals surface area contributed by atoms with Gasteiger partial charge in [0, 0.05) is 17.0 Å². The second-order valence-electron chi connectivity index (χ2n) is 7.57. The van der Waals surface area contributed by atoms with Crippen LogP contribution in [-0.4, -0.2) is 24.5 Å². The maximum absolute atomic E-state index is 12.8. The average Bonchev–Trinajstić information content (AvgIpc) is 3.30. The van der Waals surface area contributed by atoms with Crippen LogP contribution >= 0.6 is 11.3 Å². The van der Waals surface area contributed by atoms with Gasteiger partial charge in [0.25, 0.3) is 11.8 Å². The van der Waals surface area contributed by atoms with Crippen LogP contribution in [0.15, 0.2) is 77.8 Å². The van der Waals surface area contributed by atoms with Crippen molar-refractivity contribution < 1.29 is 14.3 Å². The molecule has 0 atom stereocenters. The molecule has 166 valence electrons. The number of aryl methyl sites for hydroxylation is 1. The maximum atomic E-state index is 12.8. The molecule has 0 unspecified atom stereocenters. The quantitative estimate of drug-likeness (QED) is 0.337. The number of carbonyl (C=O) groups excluding carboxylic acids is 2. The molecule has 3 rings (SSSR count). The van der Waals surface area contributed by atoms with Gasteiger partial charge in [-0.05, 0) is 74.0 Å². The molecule has 0 bridgehead atoms. The number of benzene rings is 2. The largest absolute Gasteiger partial charge is 0.491 e. The van der Waals surface area contributed by atoms with Crippen LogP contribution in [0.1, 0.15) is 41.1 Å². The second kappa shape index (κ2) is 11.9. The number of carbonyl (C=O) groups is 2. The fourth-order valence-corrected chi connectivity index (χ4v) is 3.75. The molecule has 2 aromatic carbocycles. The lowest BCUT2D eigenvalue weighted by molar-refractivity contribution is -0.117. The highest BCUT2D eigenvalue weighted by Gasteiger charge is 2.14. The number of thiophene rings is 1. The molecule has 2 amide bonds. The summed E-state index contributed by atoms with van der Waals surface area (Å²) in [5, 5.41) is 7.60. The fourth-order valence-electron chi connectivity index (χ4n) is 3.09. The molecule has 1 heterocycles. The van der Waals surface area contributed by atoms with E-state index in [0.717, 1.165) is 29.0 Å². The van der Waals surface area contributed by atoms with Crippen LogP contribution in [0, 0.1) is 0 Å². The Balaban J connectivity index is 1.58. The molecule has 0 fully saturated rings. The molecule has 3 aromatic rings. The summed E-state index contributed by atoms with van der Waals surface area (Å²) in [6, 6.07) is 20.7. The van der Waals surface area contributed by atoms with Gasteiger partial charge in [0.05, 0.1) is 6.10 Å². The summed E-state index contributed by atoms with van der Waals surface area (Å²) in [5.41, 5.74) is 1.89. The van der Waals surface area contributed by atoms with Gasteiger partial charge in [-0.2, -0.15) is 0 Å². The van der Waals surface area contributed by atoms with E-state index >= 15 is 0 Å². The second-order valence-corrected chi connectivity index (χ2v) is 8.55. The summed E-state index contributed by atoms with van der Waals surface area (Å²) in [7, 11) is 0. The summed E-state index contributed by atoms with van der Waals surface area (Å²) < 4.78 is 5.74. The van der Waals surface area contributed by atoms with Crippen molar-refractivity contribution in [1.29, 1.82) is 0 Å². The van der Waals surface area contributed by atoms with Gasteiger partial charge in [-0.15, -0.1) is 11.3 Å². The highest BCUT2D eigenvalue weighted by molar-refractivity contribution is 7.10.